The van der Waals surface area contributed by atoms with Gasteiger partial charge in [0.05, 0.1) is 6.04 Å². The van der Waals surface area contributed by atoms with Gasteiger partial charge in [-0.25, -0.2) is 11.0 Å². The van der Waals surface area contributed by atoms with Crippen LogP contribution in [0.1, 0.15) is 11.1 Å². The van der Waals surface area contributed by atoms with Crippen molar-refractivity contribution in [2.45, 2.75) is 12.6 Å². The maximum absolute atomic E-state index is 12.9. The summed E-state index contributed by atoms with van der Waals surface area (Å²) in [7, 11) is 0. The topological polar surface area (TPSA) is 101 Å². The number of hydrazone groups is 1. The summed E-state index contributed by atoms with van der Waals surface area (Å²) < 4.78 is 0. The molecule has 2 aromatic rings. The van der Waals surface area contributed by atoms with Crippen molar-refractivity contribution in [1.29, 1.82) is 0 Å². The van der Waals surface area contributed by atoms with Crippen molar-refractivity contribution in [3.05, 3.63) is 77.5 Å². The van der Waals surface area contributed by atoms with Gasteiger partial charge in [0.2, 0.25) is 5.91 Å². The normalized spacial score (nSPS) is 16.3. The van der Waals surface area contributed by atoms with Crippen LogP contribution in [0.25, 0.3) is 0 Å². The Hall–Kier alpha value is -2.84. The van der Waals surface area contributed by atoms with Gasteiger partial charge >= 0.3 is 0 Å². The number of benzene rings is 1. The Morgan fingerprint density at radius 2 is 1.96 bits per heavy atom. The van der Waals surface area contributed by atoms with E-state index in [-0.39, 0.29) is 24.3 Å². The number of hydrogen-bond acceptors (Lipinski definition) is 6. The van der Waals surface area contributed by atoms with E-state index in [0.717, 1.165) is 22.0 Å². The molecule has 4 N–H and O–H groups in total. The fraction of sp³-hybridized carbons (Fsp3) is 0.211. The Labute approximate surface area is 162 Å². The third-order valence-corrected chi connectivity index (χ3v) is 4.97. The van der Waals surface area contributed by atoms with Crippen LogP contribution in [0, 0.1) is 0 Å². The van der Waals surface area contributed by atoms with Gasteiger partial charge in [-0.3, -0.25) is 9.78 Å². The van der Waals surface area contributed by atoms with E-state index in [1.54, 1.807) is 29.1 Å². The minimum Gasteiger partial charge on any atom is -0.382 e. The molecule has 0 fully saturated rings. The summed E-state index contributed by atoms with van der Waals surface area (Å²) >= 11 is 1.69. The molecule has 1 amide bonds. The molecule has 140 valence electrons. The zero-order valence-corrected chi connectivity index (χ0v) is 15.6. The molecule has 1 aromatic heterocycles. The van der Waals surface area contributed by atoms with Gasteiger partial charge in [-0.15, -0.1) is 16.9 Å². The van der Waals surface area contributed by atoms with Crippen molar-refractivity contribution in [2.24, 2.45) is 16.7 Å². The Morgan fingerprint density at radius 3 is 2.63 bits per heavy atom. The SMILES string of the molecule is N/C(=N\N(N)CC(=O)N(Cc1ccncc1)C1C=CSC1)c1ccccc1. The molecule has 3 rings (SSSR count). The van der Waals surface area contributed by atoms with Crippen LogP contribution < -0.4 is 11.6 Å². The Kier molecular flexibility index (Phi) is 6.45. The number of hydrazine groups is 1. The van der Waals surface area contributed by atoms with E-state index >= 15 is 0 Å². The molecule has 0 saturated heterocycles. The molecule has 1 unspecified atom stereocenters. The maximum atomic E-state index is 12.9. The summed E-state index contributed by atoms with van der Waals surface area (Å²) in [6.45, 7) is 0.427. The number of hydrogen-bond donors (Lipinski definition) is 2. The predicted octanol–water partition coefficient (Wildman–Crippen LogP) is 1.54. The third kappa shape index (κ3) is 5.32. The second-order valence-corrected chi connectivity index (χ2v) is 6.99. The number of nitrogens with two attached hydrogens (primary N) is 2. The minimum atomic E-state index is -0.115. The first-order chi connectivity index (χ1) is 13.1. The van der Waals surface area contributed by atoms with E-state index in [2.05, 4.69) is 10.1 Å². The van der Waals surface area contributed by atoms with Crippen molar-refractivity contribution in [1.82, 2.24) is 15.0 Å². The van der Waals surface area contributed by atoms with Gasteiger partial charge in [0.1, 0.15) is 6.54 Å². The molecule has 1 atom stereocenters. The monoisotopic (exact) mass is 382 g/mol. The fourth-order valence-electron chi connectivity index (χ4n) is 2.69. The molecule has 7 nitrogen and oxygen atoms in total. The summed E-state index contributed by atoms with van der Waals surface area (Å²) in [5.74, 6) is 6.91. The highest BCUT2D eigenvalue weighted by Crippen LogP contribution is 2.21. The number of rotatable bonds is 7. The highest BCUT2D eigenvalue weighted by molar-refractivity contribution is 8.02. The number of carbonyl (C=O) groups is 1. The molecule has 27 heavy (non-hydrogen) atoms. The molecule has 2 heterocycles. The quantitative estimate of drug-likeness (QED) is 0.326. The number of nitrogens with zero attached hydrogens (tertiary/aromatic N) is 4. The van der Waals surface area contributed by atoms with Crippen LogP contribution in [0.3, 0.4) is 0 Å². The number of thioether (sulfide) groups is 1. The highest BCUT2D eigenvalue weighted by atomic mass is 32.2. The van der Waals surface area contributed by atoms with Crippen molar-refractivity contribution in [3.8, 4) is 0 Å². The van der Waals surface area contributed by atoms with Crippen molar-refractivity contribution < 1.29 is 4.79 Å². The summed E-state index contributed by atoms with van der Waals surface area (Å²) in [5, 5.41) is 7.24. The van der Waals surface area contributed by atoms with E-state index in [0.29, 0.717) is 6.54 Å². The lowest BCUT2D eigenvalue weighted by Crippen LogP contribution is -2.46. The van der Waals surface area contributed by atoms with E-state index in [1.165, 1.54) is 0 Å². The number of amides is 1. The number of aromatic nitrogens is 1. The molecule has 0 spiro atoms. The Morgan fingerprint density at radius 1 is 1.22 bits per heavy atom. The van der Waals surface area contributed by atoms with Crippen LogP contribution in [-0.4, -0.2) is 45.1 Å². The molecule has 1 aromatic carbocycles. The second kappa shape index (κ2) is 9.20. The zero-order chi connectivity index (χ0) is 19.1. The average molecular weight is 382 g/mol. The number of pyridine rings is 1. The molecule has 0 saturated carbocycles. The molecule has 0 radical (unpaired) electrons. The van der Waals surface area contributed by atoms with Crippen LogP contribution in [0.5, 0.6) is 0 Å². The van der Waals surface area contributed by atoms with E-state index in [9.17, 15) is 4.79 Å². The van der Waals surface area contributed by atoms with Crippen LogP contribution in [0.15, 0.2) is 71.4 Å². The Balaban J connectivity index is 1.69. The lowest BCUT2D eigenvalue weighted by atomic mass is 10.2. The van der Waals surface area contributed by atoms with Gasteiger partial charge in [0.15, 0.2) is 5.84 Å². The largest absolute Gasteiger partial charge is 0.382 e. The lowest BCUT2D eigenvalue weighted by molar-refractivity contribution is -0.134. The first-order valence-corrected chi connectivity index (χ1v) is 9.57. The van der Waals surface area contributed by atoms with Gasteiger partial charge in [0.25, 0.3) is 0 Å². The summed E-state index contributed by atoms with van der Waals surface area (Å²) in [6.07, 6.45) is 5.47. The smallest absolute Gasteiger partial charge is 0.246 e. The molecule has 1 aliphatic heterocycles. The summed E-state index contributed by atoms with van der Waals surface area (Å²) in [4.78, 5) is 18.7. The van der Waals surface area contributed by atoms with Gasteiger partial charge in [-0.1, -0.05) is 36.4 Å². The van der Waals surface area contributed by atoms with Gasteiger partial charge in [-0.05, 0) is 23.1 Å². The molecule has 8 heteroatoms. The van der Waals surface area contributed by atoms with E-state index < -0.39 is 0 Å². The van der Waals surface area contributed by atoms with Crippen LogP contribution in [-0.2, 0) is 11.3 Å². The molecular formula is C19H22N6OS. The molecule has 1 aliphatic rings. The van der Waals surface area contributed by atoms with Gasteiger partial charge in [0, 0.05) is 30.3 Å². The average Bonchev–Trinajstić information content (AvgIpc) is 3.21. The number of carbonyl (C=O) groups excluding carboxylic acids is 1. The standard InChI is InChI=1S/C19H22N6OS/c20-19(16-4-2-1-3-5-16)23-25(21)13-18(26)24(17-8-11-27-14-17)12-15-6-9-22-10-7-15/h1-11,17H,12-14,21H2,(H2,20,23). The van der Waals surface area contributed by atoms with Crippen LogP contribution in [0.4, 0.5) is 0 Å². The van der Waals surface area contributed by atoms with Crippen LogP contribution >= 0.6 is 11.8 Å². The number of amidine groups is 1. The lowest BCUT2D eigenvalue weighted by Gasteiger charge is -2.29. The van der Waals surface area contributed by atoms with Crippen molar-refractivity contribution in [3.63, 3.8) is 0 Å². The van der Waals surface area contributed by atoms with Gasteiger partial charge < -0.3 is 10.6 Å². The van der Waals surface area contributed by atoms with Crippen LogP contribution in [0.2, 0.25) is 0 Å². The van der Waals surface area contributed by atoms with E-state index in [4.69, 9.17) is 11.6 Å². The predicted molar refractivity (Wildman–Crippen MR) is 108 cm³/mol. The maximum Gasteiger partial charge on any atom is 0.246 e. The van der Waals surface area contributed by atoms with Crippen molar-refractivity contribution >= 4 is 23.5 Å². The second-order valence-electron chi connectivity index (χ2n) is 6.06. The summed E-state index contributed by atoms with van der Waals surface area (Å²) in [6, 6.07) is 13.1. The fourth-order valence-corrected chi connectivity index (χ4v) is 3.59. The first-order valence-electron chi connectivity index (χ1n) is 8.52. The first kappa shape index (κ1) is 18.9. The molecular weight excluding hydrogens is 360 g/mol. The molecule has 0 aliphatic carbocycles. The summed E-state index contributed by atoms with van der Waals surface area (Å²) in [5.41, 5.74) is 7.74. The Bertz CT molecular complexity index is 811. The zero-order valence-electron chi connectivity index (χ0n) is 14.8. The third-order valence-electron chi connectivity index (χ3n) is 4.09. The minimum absolute atomic E-state index is 0.0273. The van der Waals surface area contributed by atoms with Crippen molar-refractivity contribution in [2.75, 3.05) is 12.3 Å². The van der Waals surface area contributed by atoms with Gasteiger partial charge in [-0.2, -0.15) is 0 Å². The highest BCUT2D eigenvalue weighted by Gasteiger charge is 2.25. The molecule has 0 bridgehead atoms. The van der Waals surface area contributed by atoms with E-state index in [1.807, 2.05) is 53.9 Å².